The van der Waals surface area contributed by atoms with Crippen molar-refractivity contribution in [3.63, 3.8) is 0 Å². The molecule has 8 aromatic rings. The van der Waals surface area contributed by atoms with Crippen molar-refractivity contribution in [2.75, 3.05) is 0 Å². The summed E-state index contributed by atoms with van der Waals surface area (Å²) in [5, 5.41) is 5.48. The van der Waals surface area contributed by atoms with E-state index in [-0.39, 0.29) is 12.3 Å². The van der Waals surface area contributed by atoms with E-state index in [4.69, 9.17) is 0 Å². The topological polar surface area (TPSA) is 9.86 Å². The smallest absolute Gasteiger partial charge is 0.332 e. The Bertz CT molecular complexity index is 2670. The molecule has 0 atom stereocenters. The summed E-state index contributed by atoms with van der Waals surface area (Å²) in [5.74, 6) is 0. The number of benzene rings is 6. The van der Waals surface area contributed by atoms with Crippen LogP contribution in [0.3, 0.4) is 0 Å². The highest BCUT2D eigenvalue weighted by Crippen LogP contribution is 2.52. The third-order valence-electron chi connectivity index (χ3n) is 12.1. The number of unbranched alkanes of at least 4 members (excludes halogenated alkanes) is 2. The van der Waals surface area contributed by atoms with Crippen molar-refractivity contribution in [1.29, 1.82) is 0 Å². The predicted octanol–water partition coefficient (Wildman–Crippen LogP) is 10.9. The molecule has 0 radical (unpaired) electrons. The van der Waals surface area contributed by atoms with E-state index in [2.05, 4.69) is 152 Å². The molecule has 0 unspecified atom stereocenters. The molecular weight excluding hydrogens is 603 g/mol. The van der Waals surface area contributed by atoms with Gasteiger partial charge in [0.25, 0.3) is 0 Å². The minimum absolute atomic E-state index is 0.0278. The highest BCUT2D eigenvalue weighted by atomic mass is 15.0. The molecule has 0 N–H and O–H groups in total. The van der Waals surface area contributed by atoms with Crippen LogP contribution in [0.2, 0.25) is 0 Å². The molecule has 10 rings (SSSR count). The number of hydrogen-bond acceptors (Lipinski definition) is 0. The molecule has 0 fully saturated rings. The van der Waals surface area contributed by atoms with Gasteiger partial charge in [-0.3, -0.25) is 0 Å². The zero-order valence-electron chi connectivity index (χ0n) is 29.7. The Labute approximate surface area is 295 Å². The summed E-state index contributed by atoms with van der Waals surface area (Å²) in [6.45, 7) is 9.50. The lowest BCUT2D eigenvalue weighted by atomic mass is 9.48. The Morgan fingerprint density at radius 1 is 0.560 bits per heavy atom. The standard InChI is InChI=1S/C47H43BN2/c1-5-7-15-30-23-26-41-36(27-30)37-28-31(16-8-6-2)29-40-45(37)49(41)43-22-14-12-20-39(43)48(40)50-42-21-13-10-18-33(42)35-25-24-34-32-17-9-11-19-38(32)47(3,4)44(34)46(35)50/h9-14,17-29H,5-8,15-16H2,1-4H3. The third kappa shape index (κ3) is 3.98. The van der Waals surface area contributed by atoms with Gasteiger partial charge < -0.3 is 9.05 Å². The first kappa shape index (κ1) is 29.9. The first-order valence-corrected chi connectivity index (χ1v) is 18.9. The van der Waals surface area contributed by atoms with Crippen molar-refractivity contribution in [1.82, 2.24) is 9.05 Å². The largest absolute Gasteiger partial charge is 0.376 e. The van der Waals surface area contributed by atoms with Gasteiger partial charge in [-0.05, 0) is 100 Å². The fourth-order valence-corrected chi connectivity index (χ4v) is 9.79. The average Bonchev–Trinajstić information content (AvgIpc) is 3.74. The van der Waals surface area contributed by atoms with E-state index >= 15 is 0 Å². The zero-order valence-corrected chi connectivity index (χ0v) is 29.7. The average molecular weight is 647 g/mol. The van der Waals surface area contributed by atoms with E-state index in [1.807, 2.05) is 0 Å². The number of rotatable bonds is 7. The maximum Gasteiger partial charge on any atom is 0.332 e. The van der Waals surface area contributed by atoms with Crippen molar-refractivity contribution in [2.45, 2.75) is 71.6 Å². The van der Waals surface area contributed by atoms with Crippen molar-refractivity contribution in [2.24, 2.45) is 0 Å². The van der Waals surface area contributed by atoms with Crippen LogP contribution >= 0.6 is 0 Å². The van der Waals surface area contributed by atoms with Crippen LogP contribution in [0.1, 0.15) is 75.6 Å². The maximum atomic E-state index is 2.75. The Kier molecular flexibility index (Phi) is 6.57. The molecule has 0 saturated carbocycles. The van der Waals surface area contributed by atoms with Crippen molar-refractivity contribution in [3.05, 3.63) is 138 Å². The van der Waals surface area contributed by atoms with Crippen LogP contribution in [0.15, 0.2) is 115 Å². The van der Waals surface area contributed by atoms with E-state index < -0.39 is 0 Å². The van der Waals surface area contributed by atoms with Gasteiger partial charge in [-0.2, -0.15) is 0 Å². The van der Waals surface area contributed by atoms with Crippen molar-refractivity contribution < 1.29 is 0 Å². The predicted molar refractivity (Wildman–Crippen MR) is 215 cm³/mol. The fraction of sp³-hybridized carbons (Fsp3) is 0.234. The molecule has 0 bridgehead atoms. The lowest BCUT2D eigenvalue weighted by molar-refractivity contribution is 0.664. The quantitative estimate of drug-likeness (QED) is 0.153. The van der Waals surface area contributed by atoms with Gasteiger partial charge in [-0.1, -0.05) is 125 Å². The molecule has 2 nitrogen and oxygen atoms in total. The molecular formula is C47H43BN2. The molecule has 2 aromatic heterocycles. The second kappa shape index (κ2) is 11.0. The first-order chi connectivity index (χ1) is 24.5. The van der Waals surface area contributed by atoms with E-state index in [1.54, 1.807) is 0 Å². The van der Waals surface area contributed by atoms with E-state index in [0.717, 1.165) is 12.8 Å². The second-order valence-electron chi connectivity index (χ2n) is 15.4. The Morgan fingerprint density at radius 2 is 1.30 bits per heavy atom. The van der Waals surface area contributed by atoms with Crippen molar-refractivity contribution >= 4 is 61.4 Å². The van der Waals surface area contributed by atoms with E-state index in [0.29, 0.717) is 0 Å². The lowest BCUT2D eigenvalue weighted by Crippen LogP contribution is -2.53. The van der Waals surface area contributed by atoms with E-state index in [1.165, 1.54) is 119 Å². The summed E-state index contributed by atoms with van der Waals surface area (Å²) in [6.07, 6.45) is 7.05. The number of nitrogens with zero attached hydrogens (tertiary/aromatic N) is 2. The lowest BCUT2D eigenvalue weighted by Gasteiger charge is -2.30. The maximum absolute atomic E-state index is 2.75. The van der Waals surface area contributed by atoms with Gasteiger partial charge in [0, 0.05) is 43.7 Å². The number of fused-ring (bicyclic) bond motifs is 12. The number of aromatic nitrogens is 2. The number of para-hydroxylation sites is 2. The van der Waals surface area contributed by atoms with E-state index in [9.17, 15) is 0 Å². The molecule has 50 heavy (non-hydrogen) atoms. The SMILES string of the molecule is CCCCc1ccc2c(c1)c1cc(CCCC)cc3c1n2-c1ccccc1B3n1c2ccccc2c2ccc3c(c21)C(C)(C)c1ccccc1-3. The summed E-state index contributed by atoms with van der Waals surface area (Å²) < 4.78 is 5.35. The summed E-state index contributed by atoms with van der Waals surface area (Å²) in [5.41, 5.74) is 17.9. The number of aryl methyl sites for hydroxylation is 2. The van der Waals surface area contributed by atoms with Crippen LogP contribution in [-0.4, -0.2) is 15.9 Å². The molecule has 6 aromatic carbocycles. The van der Waals surface area contributed by atoms with Crippen LogP contribution in [-0.2, 0) is 18.3 Å². The van der Waals surface area contributed by atoms with Gasteiger partial charge in [0.05, 0.1) is 11.0 Å². The van der Waals surface area contributed by atoms with Crippen LogP contribution in [0.4, 0.5) is 0 Å². The Hall–Kier alpha value is -5.02. The molecule has 1 aliphatic carbocycles. The van der Waals surface area contributed by atoms with Gasteiger partial charge in [0.2, 0.25) is 0 Å². The molecule has 0 spiro atoms. The summed E-state index contributed by atoms with van der Waals surface area (Å²) in [7, 11) is 0. The Balaban J connectivity index is 1.36. The molecule has 0 saturated heterocycles. The normalized spacial score (nSPS) is 14.2. The molecule has 3 heteroatoms. The molecule has 1 aliphatic heterocycles. The number of hydrogen-bond donors (Lipinski definition) is 0. The van der Waals surface area contributed by atoms with Crippen LogP contribution < -0.4 is 10.9 Å². The van der Waals surface area contributed by atoms with Gasteiger partial charge in [-0.25, -0.2) is 0 Å². The first-order valence-electron chi connectivity index (χ1n) is 18.9. The summed E-state index contributed by atoms with van der Waals surface area (Å²) in [4.78, 5) is 0. The second-order valence-corrected chi connectivity index (χ2v) is 15.4. The van der Waals surface area contributed by atoms with Gasteiger partial charge in [0.1, 0.15) is 0 Å². The molecule has 2 aliphatic rings. The summed E-state index contributed by atoms with van der Waals surface area (Å²) >= 11 is 0. The third-order valence-corrected chi connectivity index (χ3v) is 12.1. The summed E-state index contributed by atoms with van der Waals surface area (Å²) in [6, 6.07) is 44.7. The molecule has 3 heterocycles. The Morgan fingerprint density at radius 3 is 2.16 bits per heavy atom. The fourth-order valence-electron chi connectivity index (χ4n) is 9.79. The van der Waals surface area contributed by atoms with Gasteiger partial charge in [0.15, 0.2) is 0 Å². The van der Waals surface area contributed by atoms with Crippen molar-refractivity contribution in [3.8, 4) is 16.8 Å². The van der Waals surface area contributed by atoms with Crippen LogP contribution in [0.5, 0.6) is 0 Å². The minimum atomic E-state index is -0.131. The van der Waals surface area contributed by atoms with Crippen LogP contribution in [0, 0.1) is 0 Å². The minimum Gasteiger partial charge on any atom is -0.376 e. The zero-order chi connectivity index (χ0) is 33.7. The molecule has 244 valence electrons. The highest BCUT2D eigenvalue weighted by Gasteiger charge is 2.41. The van der Waals surface area contributed by atoms with Gasteiger partial charge >= 0.3 is 6.85 Å². The highest BCUT2D eigenvalue weighted by molar-refractivity contribution is 6.88. The monoisotopic (exact) mass is 646 g/mol. The van der Waals surface area contributed by atoms with Gasteiger partial charge in [-0.15, -0.1) is 0 Å². The molecule has 0 amide bonds. The van der Waals surface area contributed by atoms with Crippen LogP contribution in [0.25, 0.3) is 60.4 Å².